The van der Waals surface area contributed by atoms with Gasteiger partial charge in [0.05, 0.1) is 18.3 Å². The lowest BCUT2D eigenvalue weighted by atomic mass is 9.95. The van der Waals surface area contributed by atoms with E-state index in [0.29, 0.717) is 18.5 Å². The topological polar surface area (TPSA) is 85.6 Å². The Bertz CT molecular complexity index is 1020. The molecule has 7 nitrogen and oxygen atoms in total. The van der Waals surface area contributed by atoms with Crippen LogP contribution in [0.1, 0.15) is 34.7 Å². The number of carbonyl (C=O) groups is 2. The Balaban J connectivity index is 1.81. The van der Waals surface area contributed by atoms with Crippen molar-refractivity contribution in [1.29, 1.82) is 0 Å². The normalized spacial score (nSPS) is 15.8. The van der Waals surface area contributed by atoms with Gasteiger partial charge < -0.3 is 10.1 Å². The summed E-state index contributed by atoms with van der Waals surface area (Å²) in [4.78, 5) is 28.5. The van der Waals surface area contributed by atoms with Crippen LogP contribution in [0.3, 0.4) is 0 Å². The molecule has 1 aliphatic rings. The molecule has 0 fully saturated rings. The molecule has 0 spiro atoms. The fourth-order valence-electron chi connectivity index (χ4n) is 3.52. The zero-order chi connectivity index (χ0) is 18.3. The molecular weight excluding hydrogens is 332 g/mol. The highest BCUT2D eigenvalue weighted by atomic mass is 16.5. The molecule has 0 aliphatic carbocycles. The van der Waals surface area contributed by atoms with Crippen molar-refractivity contribution in [2.45, 2.75) is 25.7 Å². The molecule has 1 amide bonds. The van der Waals surface area contributed by atoms with Gasteiger partial charge in [0.15, 0.2) is 0 Å². The van der Waals surface area contributed by atoms with Crippen molar-refractivity contribution in [2.75, 3.05) is 12.4 Å². The van der Waals surface area contributed by atoms with E-state index in [-0.39, 0.29) is 11.9 Å². The van der Waals surface area contributed by atoms with Crippen molar-refractivity contribution < 1.29 is 14.3 Å². The third kappa shape index (κ3) is 2.52. The van der Waals surface area contributed by atoms with Crippen LogP contribution in [0.4, 0.5) is 5.69 Å². The van der Waals surface area contributed by atoms with Crippen LogP contribution in [0.2, 0.25) is 0 Å². The van der Waals surface area contributed by atoms with Crippen molar-refractivity contribution in [3.8, 4) is 0 Å². The first-order valence-electron chi connectivity index (χ1n) is 8.38. The van der Waals surface area contributed by atoms with Crippen LogP contribution in [0.5, 0.6) is 0 Å². The van der Waals surface area contributed by atoms with E-state index in [9.17, 15) is 9.59 Å². The number of nitrogens with one attached hydrogen (secondary N) is 1. The highest BCUT2D eigenvalue weighted by Gasteiger charge is 2.34. The first-order chi connectivity index (χ1) is 12.6. The van der Waals surface area contributed by atoms with E-state index in [2.05, 4.69) is 15.4 Å². The van der Waals surface area contributed by atoms with E-state index >= 15 is 0 Å². The lowest BCUT2D eigenvalue weighted by Gasteiger charge is -2.10. The third-order valence-electron chi connectivity index (χ3n) is 4.85. The van der Waals surface area contributed by atoms with Crippen LogP contribution in [-0.4, -0.2) is 33.6 Å². The van der Waals surface area contributed by atoms with Gasteiger partial charge in [0.25, 0.3) is 0 Å². The molecule has 0 saturated carbocycles. The number of para-hydroxylation sites is 1. The lowest BCUT2D eigenvalue weighted by molar-refractivity contribution is -0.140. The average molecular weight is 350 g/mol. The molecule has 0 unspecified atom stereocenters. The maximum atomic E-state index is 12.6. The molecule has 3 aromatic rings. The largest absolute Gasteiger partial charge is 0.469 e. The Kier molecular flexibility index (Phi) is 3.91. The highest BCUT2D eigenvalue weighted by Crippen LogP contribution is 2.38. The molecule has 132 valence electrons. The molecule has 26 heavy (non-hydrogen) atoms. The predicted octanol–water partition coefficient (Wildman–Crippen LogP) is 2.23. The molecule has 1 N–H and O–H groups in total. The SMILES string of the molecule is COC(=O)CCc1cn2ncnc([C@H]3C(=O)Nc4ccccc43)c2c1C. The number of hydrogen-bond acceptors (Lipinski definition) is 5. The molecule has 1 aliphatic heterocycles. The van der Waals surface area contributed by atoms with Gasteiger partial charge in [-0.2, -0.15) is 5.10 Å². The Morgan fingerprint density at radius 2 is 2.15 bits per heavy atom. The van der Waals surface area contributed by atoms with Crippen LogP contribution < -0.4 is 5.32 Å². The number of aryl methyl sites for hydroxylation is 2. The number of hydrogen-bond donors (Lipinski definition) is 1. The monoisotopic (exact) mass is 350 g/mol. The van der Waals surface area contributed by atoms with Crippen LogP contribution >= 0.6 is 0 Å². The van der Waals surface area contributed by atoms with Crippen molar-refractivity contribution in [2.24, 2.45) is 0 Å². The lowest BCUT2D eigenvalue weighted by Crippen LogP contribution is -2.16. The first-order valence-corrected chi connectivity index (χ1v) is 8.38. The molecule has 0 radical (unpaired) electrons. The number of amides is 1. The number of benzene rings is 1. The molecule has 1 atom stereocenters. The number of nitrogens with zero attached hydrogens (tertiary/aromatic N) is 3. The molecule has 0 saturated heterocycles. The van der Waals surface area contributed by atoms with Crippen molar-refractivity contribution in [1.82, 2.24) is 14.6 Å². The van der Waals surface area contributed by atoms with E-state index < -0.39 is 5.92 Å². The van der Waals surface area contributed by atoms with E-state index in [0.717, 1.165) is 27.9 Å². The first kappa shape index (κ1) is 16.3. The minimum Gasteiger partial charge on any atom is -0.469 e. The summed E-state index contributed by atoms with van der Waals surface area (Å²) in [5.74, 6) is -0.822. The van der Waals surface area contributed by atoms with Gasteiger partial charge in [0.1, 0.15) is 12.2 Å². The van der Waals surface area contributed by atoms with Crippen LogP contribution in [0, 0.1) is 6.92 Å². The second-order valence-electron chi connectivity index (χ2n) is 6.30. The maximum absolute atomic E-state index is 12.6. The Labute approximate surface area is 150 Å². The van der Waals surface area contributed by atoms with E-state index in [1.807, 2.05) is 37.4 Å². The standard InChI is InChI=1S/C19H18N4O3/c1-11-12(7-8-15(24)26-2)9-23-18(11)17(20-10-21-23)16-13-5-3-4-6-14(13)22-19(16)25/h3-6,9-10,16H,7-8H2,1-2H3,(H,22,25)/t16-/m0/s1. The third-order valence-corrected chi connectivity index (χ3v) is 4.85. The summed E-state index contributed by atoms with van der Waals surface area (Å²) in [7, 11) is 1.38. The van der Waals surface area contributed by atoms with Gasteiger partial charge in [-0.05, 0) is 36.1 Å². The van der Waals surface area contributed by atoms with Crippen molar-refractivity contribution in [3.63, 3.8) is 0 Å². The van der Waals surface area contributed by atoms with E-state index in [4.69, 9.17) is 4.74 Å². The smallest absolute Gasteiger partial charge is 0.305 e. The van der Waals surface area contributed by atoms with E-state index in [1.54, 1.807) is 4.52 Å². The van der Waals surface area contributed by atoms with Crippen molar-refractivity contribution in [3.05, 3.63) is 59.2 Å². The number of methoxy groups -OCH3 is 1. The summed E-state index contributed by atoms with van der Waals surface area (Å²) in [5, 5.41) is 7.20. The van der Waals surface area contributed by atoms with E-state index in [1.165, 1.54) is 13.4 Å². The summed E-state index contributed by atoms with van der Waals surface area (Å²) < 4.78 is 6.45. The number of fused-ring (bicyclic) bond motifs is 2. The summed E-state index contributed by atoms with van der Waals surface area (Å²) >= 11 is 0. The minimum absolute atomic E-state index is 0.0940. The predicted molar refractivity (Wildman–Crippen MR) is 95.0 cm³/mol. The zero-order valence-electron chi connectivity index (χ0n) is 14.5. The number of carbonyl (C=O) groups excluding carboxylic acids is 2. The number of aromatic nitrogens is 3. The maximum Gasteiger partial charge on any atom is 0.305 e. The van der Waals surface area contributed by atoms with Gasteiger partial charge in [0, 0.05) is 18.3 Å². The van der Waals surface area contributed by atoms with Gasteiger partial charge in [-0.3, -0.25) is 9.59 Å². The number of anilines is 1. The summed E-state index contributed by atoms with van der Waals surface area (Å²) in [6.07, 6.45) is 4.19. The average Bonchev–Trinajstić information content (AvgIpc) is 3.16. The van der Waals surface area contributed by atoms with Gasteiger partial charge in [-0.1, -0.05) is 18.2 Å². The van der Waals surface area contributed by atoms with Gasteiger partial charge in [0.2, 0.25) is 5.91 Å². The second kappa shape index (κ2) is 6.25. The molecule has 2 aromatic heterocycles. The molecular formula is C19H18N4O3. The summed E-state index contributed by atoms with van der Waals surface area (Å²) in [6, 6.07) is 7.63. The fourth-order valence-corrected chi connectivity index (χ4v) is 3.52. The Morgan fingerprint density at radius 1 is 1.35 bits per heavy atom. The molecule has 4 rings (SSSR count). The van der Waals surface area contributed by atoms with Crippen molar-refractivity contribution >= 4 is 23.1 Å². The molecule has 0 bridgehead atoms. The minimum atomic E-state index is -0.473. The van der Waals surface area contributed by atoms with Crippen LogP contribution in [-0.2, 0) is 20.7 Å². The quantitative estimate of drug-likeness (QED) is 0.729. The number of rotatable bonds is 4. The van der Waals surface area contributed by atoms with Gasteiger partial charge >= 0.3 is 5.97 Å². The van der Waals surface area contributed by atoms with Crippen LogP contribution in [0.25, 0.3) is 5.52 Å². The fraction of sp³-hybridized carbons (Fsp3) is 0.263. The molecule has 3 heterocycles. The second-order valence-corrected chi connectivity index (χ2v) is 6.30. The highest BCUT2D eigenvalue weighted by molar-refractivity contribution is 6.05. The molecule has 7 heteroatoms. The number of ether oxygens (including phenoxy) is 1. The molecule has 1 aromatic carbocycles. The summed E-state index contributed by atoms with van der Waals surface area (Å²) in [6.45, 7) is 1.97. The number of esters is 1. The Hall–Kier alpha value is -3.22. The van der Waals surface area contributed by atoms with Crippen LogP contribution in [0.15, 0.2) is 36.8 Å². The zero-order valence-corrected chi connectivity index (χ0v) is 14.5. The summed E-state index contributed by atoms with van der Waals surface area (Å²) in [5.41, 5.74) is 5.17. The van der Waals surface area contributed by atoms with Gasteiger partial charge in [-0.25, -0.2) is 9.50 Å². The Morgan fingerprint density at radius 3 is 2.96 bits per heavy atom. The van der Waals surface area contributed by atoms with Gasteiger partial charge in [-0.15, -0.1) is 0 Å².